The number of rotatable bonds is 4. The number of carbonyl (C=O) groups is 3. The summed E-state index contributed by atoms with van der Waals surface area (Å²) in [4.78, 5) is 48.2. The van der Waals surface area contributed by atoms with Gasteiger partial charge in [0.2, 0.25) is 5.91 Å². The molecule has 0 fully saturated rings. The van der Waals surface area contributed by atoms with Gasteiger partial charge >= 0.3 is 0 Å². The average molecular weight is 416 g/mol. The number of benzene rings is 1. The number of nitrogens with zero attached hydrogens (tertiary/aromatic N) is 1. The van der Waals surface area contributed by atoms with Crippen LogP contribution in [0.25, 0.3) is 0 Å². The molecule has 152 valence electrons. The zero-order valence-corrected chi connectivity index (χ0v) is 16.6. The van der Waals surface area contributed by atoms with Crippen molar-refractivity contribution in [2.45, 2.75) is 39.0 Å². The fourth-order valence-electron chi connectivity index (χ4n) is 3.27. The lowest BCUT2D eigenvalue weighted by atomic mass is 10.0. The number of carbonyl (C=O) groups excluding carboxylic acids is 3. The molecule has 10 heteroatoms. The maximum atomic E-state index is 12.8. The van der Waals surface area contributed by atoms with Crippen molar-refractivity contribution < 1.29 is 19.3 Å². The number of fused-ring (bicyclic) bond motifs is 1. The van der Waals surface area contributed by atoms with Crippen LogP contribution in [-0.4, -0.2) is 22.6 Å². The van der Waals surface area contributed by atoms with Gasteiger partial charge in [0, 0.05) is 17.9 Å². The third-order valence-corrected chi connectivity index (χ3v) is 5.78. The summed E-state index contributed by atoms with van der Waals surface area (Å²) in [7, 11) is 0. The molecular formula is C19H20N4O5S. The second-order valence-corrected chi connectivity index (χ2v) is 7.74. The molecule has 29 heavy (non-hydrogen) atoms. The van der Waals surface area contributed by atoms with E-state index in [-0.39, 0.29) is 11.3 Å². The Balaban J connectivity index is 1.96. The van der Waals surface area contributed by atoms with Gasteiger partial charge in [-0.05, 0) is 37.3 Å². The summed E-state index contributed by atoms with van der Waals surface area (Å²) in [6, 6.07) is 5.64. The minimum atomic E-state index is -0.665. The maximum absolute atomic E-state index is 12.8. The van der Waals surface area contributed by atoms with E-state index < -0.39 is 22.6 Å². The first-order chi connectivity index (χ1) is 13.9. The first-order valence-electron chi connectivity index (χ1n) is 9.14. The molecule has 0 unspecified atom stereocenters. The van der Waals surface area contributed by atoms with Crippen LogP contribution < -0.4 is 16.2 Å². The van der Waals surface area contributed by atoms with Crippen LogP contribution in [0, 0.1) is 10.1 Å². The number of aryl methyl sites for hydroxylation is 1. The lowest BCUT2D eigenvalue weighted by Crippen LogP contribution is -2.40. The van der Waals surface area contributed by atoms with E-state index in [4.69, 9.17) is 0 Å². The van der Waals surface area contributed by atoms with Gasteiger partial charge < -0.3 is 5.32 Å². The molecule has 9 nitrogen and oxygen atoms in total. The van der Waals surface area contributed by atoms with Crippen molar-refractivity contribution in [2.75, 3.05) is 5.32 Å². The van der Waals surface area contributed by atoms with Gasteiger partial charge in [0.25, 0.3) is 17.5 Å². The molecule has 1 aromatic heterocycles. The largest absolute Gasteiger partial charge is 0.313 e. The molecule has 3 rings (SSSR count). The summed E-state index contributed by atoms with van der Waals surface area (Å²) in [5.74, 6) is -1.62. The van der Waals surface area contributed by atoms with E-state index in [1.54, 1.807) is 0 Å². The van der Waals surface area contributed by atoms with Gasteiger partial charge in [-0.2, -0.15) is 0 Å². The molecule has 2 aromatic rings. The van der Waals surface area contributed by atoms with Gasteiger partial charge in [0.1, 0.15) is 10.6 Å². The van der Waals surface area contributed by atoms with Crippen LogP contribution >= 0.6 is 11.3 Å². The van der Waals surface area contributed by atoms with E-state index in [0.717, 1.165) is 36.1 Å². The van der Waals surface area contributed by atoms with Gasteiger partial charge in [-0.1, -0.05) is 18.6 Å². The molecule has 0 radical (unpaired) electrons. The number of nitro benzene ring substituents is 1. The molecule has 1 aliphatic rings. The molecule has 0 atom stereocenters. The normalized spacial score (nSPS) is 13.0. The Morgan fingerprint density at radius 3 is 2.48 bits per heavy atom. The summed E-state index contributed by atoms with van der Waals surface area (Å²) in [5, 5.41) is 14.2. The van der Waals surface area contributed by atoms with Gasteiger partial charge in [0.15, 0.2) is 0 Å². The number of amides is 3. The van der Waals surface area contributed by atoms with Crippen LogP contribution in [-0.2, 0) is 17.6 Å². The third-order valence-electron chi connectivity index (χ3n) is 4.57. The fraction of sp³-hybridized carbons (Fsp3) is 0.316. The zero-order chi connectivity index (χ0) is 21.0. The van der Waals surface area contributed by atoms with Crippen molar-refractivity contribution in [1.29, 1.82) is 0 Å². The maximum Gasteiger partial charge on any atom is 0.282 e. The Hall–Kier alpha value is -3.27. The second kappa shape index (κ2) is 8.82. The number of thiophene rings is 1. The smallest absolute Gasteiger partial charge is 0.282 e. The van der Waals surface area contributed by atoms with E-state index in [1.165, 1.54) is 42.5 Å². The summed E-state index contributed by atoms with van der Waals surface area (Å²) in [6.07, 6.45) is 4.43. The van der Waals surface area contributed by atoms with Gasteiger partial charge in [-0.25, -0.2) is 0 Å². The first kappa shape index (κ1) is 20.5. The average Bonchev–Trinajstić information content (AvgIpc) is 2.86. The molecule has 1 aliphatic carbocycles. The molecule has 0 bridgehead atoms. The predicted molar refractivity (Wildman–Crippen MR) is 108 cm³/mol. The monoisotopic (exact) mass is 416 g/mol. The van der Waals surface area contributed by atoms with Crippen molar-refractivity contribution in [1.82, 2.24) is 10.9 Å². The zero-order valence-electron chi connectivity index (χ0n) is 15.7. The molecule has 3 N–H and O–H groups in total. The standard InChI is InChI=1S/C19H20N4O5S/c1-11(24)21-22-18(26)16-13-8-3-2-4-10-15(13)29-19(16)20-17(25)12-7-5-6-9-14(12)23(27)28/h5-7,9H,2-4,8,10H2,1H3,(H,20,25)(H,21,24)(H,22,26). The number of anilines is 1. The summed E-state index contributed by atoms with van der Waals surface area (Å²) < 4.78 is 0. The quantitative estimate of drug-likeness (QED) is 0.401. The van der Waals surface area contributed by atoms with E-state index in [9.17, 15) is 24.5 Å². The minimum absolute atomic E-state index is 0.0886. The highest BCUT2D eigenvalue weighted by molar-refractivity contribution is 7.17. The van der Waals surface area contributed by atoms with Crippen molar-refractivity contribution in [3.8, 4) is 0 Å². The number of para-hydroxylation sites is 1. The number of hydrazine groups is 1. The Morgan fingerprint density at radius 1 is 1.03 bits per heavy atom. The van der Waals surface area contributed by atoms with Crippen molar-refractivity contribution in [3.05, 3.63) is 55.9 Å². The molecule has 0 aliphatic heterocycles. The van der Waals surface area contributed by atoms with E-state index in [1.807, 2.05) is 0 Å². The summed E-state index contributed by atoms with van der Waals surface area (Å²) in [6.45, 7) is 1.27. The minimum Gasteiger partial charge on any atom is -0.313 e. The van der Waals surface area contributed by atoms with Gasteiger partial charge in [-0.3, -0.25) is 35.3 Å². The predicted octanol–water partition coefficient (Wildman–Crippen LogP) is 2.96. The molecule has 1 aromatic carbocycles. The van der Waals surface area contributed by atoms with Gasteiger partial charge in [0.05, 0.1) is 10.5 Å². The number of nitro groups is 1. The Kier molecular flexibility index (Phi) is 6.23. The van der Waals surface area contributed by atoms with Gasteiger partial charge in [-0.15, -0.1) is 11.3 Å². The SMILES string of the molecule is CC(=O)NNC(=O)c1c(NC(=O)c2ccccc2[N+](=O)[O-])sc2c1CCCCC2. The molecule has 0 spiro atoms. The second-order valence-electron chi connectivity index (χ2n) is 6.63. The highest BCUT2D eigenvalue weighted by Gasteiger charge is 2.27. The Bertz CT molecular complexity index is 985. The van der Waals surface area contributed by atoms with E-state index in [0.29, 0.717) is 17.0 Å². The van der Waals surface area contributed by atoms with E-state index >= 15 is 0 Å². The number of hydrogen-bond donors (Lipinski definition) is 3. The lowest BCUT2D eigenvalue weighted by molar-refractivity contribution is -0.385. The third kappa shape index (κ3) is 4.60. The molecule has 1 heterocycles. The molecule has 0 saturated carbocycles. The summed E-state index contributed by atoms with van der Waals surface area (Å²) in [5.41, 5.74) is 5.36. The van der Waals surface area contributed by atoms with Crippen molar-refractivity contribution >= 4 is 39.7 Å². The van der Waals surface area contributed by atoms with Crippen LogP contribution in [0.15, 0.2) is 24.3 Å². The van der Waals surface area contributed by atoms with E-state index in [2.05, 4.69) is 16.2 Å². The van der Waals surface area contributed by atoms with Crippen LogP contribution in [0.3, 0.4) is 0 Å². The number of nitrogens with one attached hydrogen (secondary N) is 3. The molecule has 0 saturated heterocycles. The van der Waals surface area contributed by atoms with Crippen LogP contribution in [0.2, 0.25) is 0 Å². The van der Waals surface area contributed by atoms with Crippen LogP contribution in [0.1, 0.15) is 57.3 Å². The highest BCUT2D eigenvalue weighted by Crippen LogP contribution is 2.38. The Labute approximate surface area is 170 Å². The first-order valence-corrected chi connectivity index (χ1v) is 9.96. The summed E-state index contributed by atoms with van der Waals surface area (Å²) >= 11 is 1.30. The molecular weight excluding hydrogens is 396 g/mol. The Morgan fingerprint density at radius 2 is 1.76 bits per heavy atom. The number of hydrogen-bond acceptors (Lipinski definition) is 6. The highest BCUT2D eigenvalue weighted by atomic mass is 32.1. The van der Waals surface area contributed by atoms with Crippen molar-refractivity contribution in [2.24, 2.45) is 0 Å². The van der Waals surface area contributed by atoms with Crippen molar-refractivity contribution in [3.63, 3.8) is 0 Å². The topological polar surface area (TPSA) is 130 Å². The van der Waals surface area contributed by atoms with Crippen LogP contribution in [0.5, 0.6) is 0 Å². The fourth-order valence-corrected chi connectivity index (χ4v) is 4.56. The molecule has 3 amide bonds. The lowest BCUT2D eigenvalue weighted by Gasteiger charge is -2.10. The van der Waals surface area contributed by atoms with Crippen LogP contribution in [0.4, 0.5) is 10.7 Å².